The van der Waals surface area contributed by atoms with Crippen molar-refractivity contribution in [3.05, 3.63) is 40.7 Å². The van der Waals surface area contributed by atoms with Gasteiger partial charge in [0.1, 0.15) is 0 Å². The fourth-order valence-electron chi connectivity index (χ4n) is 2.62. The second-order valence-electron chi connectivity index (χ2n) is 5.06. The van der Waals surface area contributed by atoms with Crippen molar-refractivity contribution in [3.63, 3.8) is 0 Å². The zero-order valence-electron chi connectivity index (χ0n) is 11.2. The van der Waals surface area contributed by atoms with Crippen LogP contribution in [0.3, 0.4) is 0 Å². The SMILES string of the molecule is S=c1[nH]nc(C2CCCCC2)n1N=Cc1cccnc1. The highest BCUT2D eigenvalue weighted by Gasteiger charge is 2.21. The molecule has 0 saturated heterocycles. The van der Waals surface area contributed by atoms with Crippen molar-refractivity contribution in [1.82, 2.24) is 19.9 Å². The standard InChI is InChI=1S/C14H17N5S/c20-14-18-17-13(12-6-2-1-3-7-12)19(14)16-10-11-5-4-8-15-9-11/h4-5,8-10,12H,1-3,6-7H2,(H,18,20). The van der Waals surface area contributed by atoms with Gasteiger partial charge >= 0.3 is 0 Å². The largest absolute Gasteiger partial charge is 0.264 e. The third kappa shape index (κ3) is 2.85. The Kier molecular flexibility index (Phi) is 4.01. The molecule has 0 bridgehead atoms. The van der Waals surface area contributed by atoms with Crippen LogP contribution >= 0.6 is 12.2 Å². The summed E-state index contributed by atoms with van der Waals surface area (Å²) < 4.78 is 2.30. The summed E-state index contributed by atoms with van der Waals surface area (Å²) in [5.74, 6) is 1.41. The summed E-state index contributed by atoms with van der Waals surface area (Å²) in [5.41, 5.74) is 0.949. The fourth-order valence-corrected chi connectivity index (χ4v) is 2.80. The molecule has 2 heterocycles. The van der Waals surface area contributed by atoms with E-state index in [9.17, 15) is 0 Å². The van der Waals surface area contributed by atoms with Crippen LogP contribution in [-0.4, -0.2) is 26.1 Å². The first kappa shape index (κ1) is 13.2. The highest BCUT2D eigenvalue weighted by molar-refractivity contribution is 7.71. The van der Waals surface area contributed by atoms with Crippen molar-refractivity contribution in [1.29, 1.82) is 0 Å². The Morgan fingerprint density at radius 1 is 1.35 bits per heavy atom. The lowest BCUT2D eigenvalue weighted by atomic mass is 9.89. The molecule has 1 aliphatic rings. The Morgan fingerprint density at radius 2 is 2.20 bits per heavy atom. The molecule has 20 heavy (non-hydrogen) atoms. The van der Waals surface area contributed by atoms with Gasteiger partial charge in [0, 0.05) is 23.9 Å². The molecular formula is C14H17N5S. The Hall–Kier alpha value is -1.82. The van der Waals surface area contributed by atoms with Crippen LogP contribution < -0.4 is 0 Å². The summed E-state index contributed by atoms with van der Waals surface area (Å²) in [5, 5.41) is 11.7. The van der Waals surface area contributed by atoms with Gasteiger partial charge in [0.05, 0.1) is 6.21 Å². The molecule has 0 amide bonds. The van der Waals surface area contributed by atoms with E-state index in [1.54, 1.807) is 23.3 Å². The number of aromatic nitrogens is 4. The first-order chi connectivity index (χ1) is 9.84. The van der Waals surface area contributed by atoms with Crippen LogP contribution in [0, 0.1) is 4.77 Å². The van der Waals surface area contributed by atoms with Gasteiger partial charge in [0.25, 0.3) is 0 Å². The van der Waals surface area contributed by atoms with Crippen molar-refractivity contribution < 1.29 is 0 Å². The highest BCUT2D eigenvalue weighted by Crippen LogP contribution is 2.31. The fraction of sp³-hybridized carbons (Fsp3) is 0.429. The van der Waals surface area contributed by atoms with Crippen LogP contribution in [0.4, 0.5) is 0 Å². The van der Waals surface area contributed by atoms with E-state index in [1.807, 2.05) is 12.1 Å². The van der Waals surface area contributed by atoms with E-state index < -0.39 is 0 Å². The van der Waals surface area contributed by atoms with E-state index in [4.69, 9.17) is 12.2 Å². The van der Waals surface area contributed by atoms with Crippen molar-refractivity contribution in [2.24, 2.45) is 5.10 Å². The molecule has 0 atom stereocenters. The lowest BCUT2D eigenvalue weighted by Gasteiger charge is -2.19. The molecule has 2 aromatic rings. The zero-order chi connectivity index (χ0) is 13.8. The smallest absolute Gasteiger partial charge is 0.216 e. The van der Waals surface area contributed by atoms with Gasteiger partial charge in [-0.1, -0.05) is 25.3 Å². The predicted molar refractivity (Wildman–Crippen MR) is 80.5 cm³/mol. The van der Waals surface area contributed by atoms with Crippen LogP contribution in [0.25, 0.3) is 0 Å². The minimum absolute atomic E-state index is 0.461. The summed E-state index contributed by atoms with van der Waals surface area (Å²) >= 11 is 5.27. The average Bonchev–Trinajstić information content (AvgIpc) is 2.88. The number of aromatic amines is 1. The van der Waals surface area contributed by atoms with E-state index in [2.05, 4.69) is 20.3 Å². The molecule has 1 saturated carbocycles. The summed E-state index contributed by atoms with van der Waals surface area (Å²) in [4.78, 5) is 4.07. The van der Waals surface area contributed by atoms with Gasteiger partial charge in [-0.2, -0.15) is 14.9 Å². The average molecular weight is 287 g/mol. The van der Waals surface area contributed by atoms with Crippen LogP contribution in [0.5, 0.6) is 0 Å². The van der Waals surface area contributed by atoms with Gasteiger partial charge in [-0.25, -0.2) is 0 Å². The monoisotopic (exact) mass is 287 g/mol. The molecule has 6 heteroatoms. The third-order valence-electron chi connectivity index (χ3n) is 3.65. The predicted octanol–water partition coefficient (Wildman–Crippen LogP) is 3.27. The van der Waals surface area contributed by atoms with E-state index >= 15 is 0 Å². The molecule has 2 aromatic heterocycles. The van der Waals surface area contributed by atoms with E-state index in [0.29, 0.717) is 10.7 Å². The third-order valence-corrected chi connectivity index (χ3v) is 3.92. The van der Waals surface area contributed by atoms with Gasteiger partial charge in [-0.3, -0.25) is 10.1 Å². The molecule has 1 fully saturated rings. The second kappa shape index (κ2) is 6.09. The van der Waals surface area contributed by atoms with Gasteiger partial charge < -0.3 is 0 Å². The molecule has 104 valence electrons. The highest BCUT2D eigenvalue weighted by atomic mass is 32.1. The maximum Gasteiger partial charge on any atom is 0.216 e. The van der Waals surface area contributed by atoms with Crippen molar-refractivity contribution in [3.8, 4) is 0 Å². The maximum absolute atomic E-state index is 5.27. The number of H-pyrrole nitrogens is 1. The molecule has 1 N–H and O–H groups in total. The number of rotatable bonds is 3. The number of hydrogen-bond acceptors (Lipinski definition) is 4. The Labute approximate surface area is 122 Å². The second-order valence-corrected chi connectivity index (χ2v) is 5.45. The van der Waals surface area contributed by atoms with Gasteiger partial charge in [0.2, 0.25) is 4.77 Å². The Bertz CT molecular complexity index is 637. The number of nitrogens with one attached hydrogen (secondary N) is 1. The Morgan fingerprint density at radius 3 is 2.95 bits per heavy atom. The van der Waals surface area contributed by atoms with E-state index in [0.717, 1.165) is 11.4 Å². The van der Waals surface area contributed by atoms with E-state index in [-0.39, 0.29) is 0 Å². The molecule has 0 aromatic carbocycles. The first-order valence-electron chi connectivity index (χ1n) is 6.96. The summed E-state index contributed by atoms with van der Waals surface area (Å²) in [6, 6.07) is 3.85. The normalized spacial score (nSPS) is 16.8. The number of hydrogen-bond donors (Lipinski definition) is 1. The molecular weight excluding hydrogens is 270 g/mol. The van der Waals surface area contributed by atoms with Gasteiger partial charge in [0.15, 0.2) is 5.82 Å². The number of nitrogens with zero attached hydrogens (tertiary/aromatic N) is 4. The van der Waals surface area contributed by atoms with Crippen molar-refractivity contribution in [2.45, 2.75) is 38.0 Å². The number of pyridine rings is 1. The summed E-state index contributed by atoms with van der Waals surface area (Å²) in [6.45, 7) is 0. The van der Waals surface area contributed by atoms with Crippen LogP contribution in [0.1, 0.15) is 49.4 Å². The topological polar surface area (TPSA) is 58.9 Å². The van der Waals surface area contributed by atoms with E-state index in [1.165, 1.54) is 32.1 Å². The first-order valence-corrected chi connectivity index (χ1v) is 7.37. The summed E-state index contributed by atoms with van der Waals surface area (Å²) in [6.07, 6.45) is 11.5. The van der Waals surface area contributed by atoms with Crippen LogP contribution in [0.15, 0.2) is 29.6 Å². The lowest BCUT2D eigenvalue weighted by molar-refractivity contribution is 0.419. The Balaban J connectivity index is 1.87. The molecule has 0 radical (unpaired) electrons. The quantitative estimate of drug-likeness (QED) is 0.696. The molecule has 0 aliphatic heterocycles. The van der Waals surface area contributed by atoms with Crippen LogP contribution in [-0.2, 0) is 0 Å². The molecule has 3 rings (SSSR count). The lowest BCUT2D eigenvalue weighted by Crippen LogP contribution is -2.10. The molecule has 0 spiro atoms. The minimum atomic E-state index is 0.461. The van der Waals surface area contributed by atoms with Gasteiger partial charge in [-0.05, 0) is 31.1 Å². The molecule has 1 aliphatic carbocycles. The van der Waals surface area contributed by atoms with Crippen molar-refractivity contribution >= 4 is 18.4 Å². The molecule has 0 unspecified atom stereocenters. The van der Waals surface area contributed by atoms with Crippen LogP contribution in [0.2, 0.25) is 0 Å². The molecule has 5 nitrogen and oxygen atoms in total. The minimum Gasteiger partial charge on any atom is -0.264 e. The van der Waals surface area contributed by atoms with Crippen molar-refractivity contribution in [2.75, 3.05) is 0 Å². The maximum atomic E-state index is 5.27. The summed E-state index contributed by atoms with van der Waals surface area (Å²) in [7, 11) is 0. The zero-order valence-corrected chi connectivity index (χ0v) is 12.0. The van der Waals surface area contributed by atoms with Gasteiger partial charge in [-0.15, -0.1) is 0 Å².